The number of amides is 2. The number of carbonyl (C=O) groups is 2. The van der Waals surface area contributed by atoms with E-state index >= 15 is 0 Å². The largest absolute Gasteiger partial charge is 0.331 e. The zero-order valence-corrected chi connectivity index (χ0v) is 12.2. The summed E-state index contributed by atoms with van der Waals surface area (Å²) < 4.78 is 0. The van der Waals surface area contributed by atoms with Crippen LogP contribution in [0.2, 0.25) is 0 Å². The number of nitrogens with zero attached hydrogens (tertiary/aromatic N) is 3. The molecule has 2 amide bonds. The molecule has 0 fully saturated rings. The van der Waals surface area contributed by atoms with E-state index in [0.717, 1.165) is 11.1 Å². The van der Waals surface area contributed by atoms with Gasteiger partial charge >= 0.3 is 11.8 Å². The lowest BCUT2D eigenvalue weighted by molar-refractivity contribution is -0.142. The molecule has 2 N–H and O–H groups in total. The van der Waals surface area contributed by atoms with E-state index in [1.165, 1.54) is 18.1 Å². The molecule has 1 aromatic heterocycles. The van der Waals surface area contributed by atoms with Crippen LogP contribution in [0, 0.1) is 13.8 Å². The fraction of sp³-hybridized carbons (Fsp3) is 0.286. The van der Waals surface area contributed by atoms with Crippen molar-refractivity contribution in [2.75, 3.05) is 12.4 Å². The summed E-state index contributed by atoms with van der Waals surface area (Å²) >= 11 is 0. The number of nitrogens with one attached hydrogen (secondary N) is 2. The quantitative estimate of drug-likeness (QED) is 0.824. The maximum Gasteiger partial charge on any atom is 0.313 e. The van der Waals surface area contributed by atoms with Gasteiger partial charge in [0.2, 0.25) is 0 Å². The van der Waals surface area contributed by atoms with Crippen LogP contribution in [0.4, 0.5) is 5.69 Å². The molecule has 0 aliphatic rings. The van der Waals surface area contributed by atoms with Gasteiger partial charge in [-0.15, -0.1) is 0 Å². The molecule has 0 aliphatic heterocycles. The Morgan fingerprint density at radius 2 is 2.05 bits per heavy atom. The molecule has 2 rings (SSSR count). The number of aromatic nitrogens is 3. The maximum absolute atomic E-state index is 12.0. The fourth-order valence-electron chi connectivity index (χ4n) is 1.79. The van der Waals surface area contributed by atoms with E-state index in [1.807, 2.05) is 26.0 Å². The average molecular weight is 287 g/mol. The Morgan fingerprint density at radius 3 is 2.67 bits per heavy atom. The van der Waals surface area contributed by atoms with Crippen LogP contribution in [0.5, 0.6) is 0 Å². The van der Waals surface area contributed by atoms with Crippen molar-refractivity contribution in [1.82, 2.24) is 20.3 Å². The lowest BCUT2D eigenvalue weighted by Crippen LogP contribution is -2.36. The number of aryl methyl sites for hydroxylation is 2. The molecule has 7 nitrogen and oxygen atoms in total. The Bertz CT molecular complexity index is 651. The Labute approximate surface area is 122 Å². The molecular formula is C14H17N5O2. The molecule has 2 aromatic rings. The zero-order chi connectivity index (χ0) is 15.4. The average Bonchev–Trinajstić information content (AvgIpc) is 2.94. The Morgan fingerprint density at radius 1 is 1.29 bits per heavy atom. The molecule has 1 aromatic carbocycles. The van der Waals surface area contributed by atoms with Crippen LogP contribution >= 0.6 is 0 Å². The highest BCUT2D eigenvalue weighted by atomic mass is 16.2. The molecule has 110 valence electrons. The summed E-state index contributed by atoms with van der Waals surface area (Å²) in [4.78, 5) is 25.2. The van der Waals surface area contributed by atoms with Crippen LogP contribution < -0.4 is 5.32 Å². The van der Waals surface area contributed by atoms with Crippen molar-refractivity contribution in [1.29, 1.82) is 0 Å². The summed E-state index contributed by atoms with van der Waals surface area (Å²) in [5.74, 6) is -1.31. The molecule has 7 heteroatoms. The Kier molecular flexibility index (Phi) is 4.32. The minimum absolute atomic E-state index is 0.218. The van der Waals surface area contributed by atoms with Gasteiger partial charge in [-0.25, -0.2) is 0 Å². The molecule has 0 unspecified atom stereocenters. The second kappa shape index (κ2) is 6.17. The second-order valence-corrected chi connectivity index (χ2v) is 4.88. The number of carbonyl (C=O) groups excluding carboxylic acids is 2. The van der Waals surface area contributed by atoms with Gasteiger partial charge in [-0.1, -0.05) is 6.07 Å². The van der Waals surface area contributed by atoms with Crippen LogP contribution in [0.25, 0.3) is 0 Å². The molecule has 0 radical (unpaired) electrons. The number of rotatable bonds is 3. The predicted octanol–water partition coefficient (Wildman–Crippen LogP) is 1.02. The van der Waals surface area contributed by atoms with Gasteiger partial charge in [0.05, 0.1) is 12.7 Å². The van der Waals surface area contributed by atoms with Crippen molar-refractivity contribution in [2.45, 2.75) is 20.4 Å². The summed E-state index contributed by atoms with van der Waals surface area (Å²) in [6, 6.07) is 5.50. The number of benzene rings is 1. The number of hydrogen-bond donors (Lipinski definition) is 2. The van der Waals surface area contributed by atoms with Crippen molar-refractivity contribution < 1.29 is 9.59 Å². The highest BCUT2D eigenvalue weighted by molar-refractivity contribution is 6.39. The van der Waals surface area contributed by atoms with Crippen LogP contribution in [-0.2, 0) is 16.1 Å². The van der Waals surface area contributed by atoms with Gasteiger partial charge in [0, 0.05) is 12.7 Å². The van der Waals surface area contributed by atoms with Crippen molar-refractivity contribution >= 4 is 17.5 Å². The third-order valence-corrected chi connectivity index (χ3v) is 3.17. The van der Waals surface area contributed by atoms with E-state index in [0.29, 0.717) is 11.4 Å². The lowest BCUT2D eigenvalue weighted by atomic mass is 10.1. The number of likely N-dealkylation sites (N-methyl/N-ethyl adjacent to an activating group) is 1. The van der Waals surface area contributed by atoms with E-state index in [-0.39, 0.29) is 6.54 Å². The summed E-state index contributed by atoms with van der Waals surface area (Å²) in [5.41, 5.74) is 3.37. The van der Waals surface area contributed by atoms with Gasteiger partial charge < -0.3 is 10.2 Å². The van der Waals surface area contributed by atoms with E-state index in [1.54, 1.807) is 6.07 Å². The summed E-state index contributed by atoms with van der Waals surface area (Å²) in [7, 11) is 1.54. The first-order valence-corrected chi connectivity index (χ1v) is 6.45. The van der Waals surface area contributed by atoms with Gasteiger partial charge in [0.15, 0.2) is 0 Å². The molecule has 0 atom stereocenters. The van der Waals surface area contributed by atoms with Crippen LogP contribution in [0.15, 0.2) is 24.4 Å². The monoisotopic (exact) mass is 287 g/mol. The van der Waals surface area contributed by atoms with Gasteiger partial charge in [-0.2, -0.15) is 15.4 Å². The lowest BCUT2D eigenvalue weighted by Gasteiger charge is -2.15. The van der Waals surface area contributed by atoms with Crippen molar-refractivity contribution in [3.63, 3.8) is 0 Å². The number of H-pyrrole nitrogens is 1. The summed E-state index contributed by atoms with van der Waals surface area (Å²) in [5, 5.41) is 12.5. The number of hydrogen-bond acceptors (Lipinski definition) is 4. The highest BCUT2D eigenvalue weighted by Gasteiger charge is 2.19. The summed E-state index contributed by atoms with van der Waals surface area (Å²) in [6.45, 7) is 4.15. The standard InChI is InChI=1S/C14H17N5O2/c1-9-4-5-11(6-10(9)2)16-13(20)14(21)19(3)8-12-7-15-18-17-12/h4-7H,8H2,1-3H3,(H,16,20)(H,15,17,18). The van der Waals surface area contributed by atoms with Crippen molar-refractivity contribution in [2.24, 2.45) is 0 Å². The van der Waals surface area contributed by atoms with Crippen molar-refractivity contribution in [3.05, 3.63) is 41.2 Å². The van der Waals surface area contributed by atoms with E-state index < -0.39 is 11.8 Å². The summed E-state index contributed by atoms with van der Waals surface area (Å²) in [6.07, 6.45) is 1.50. The molecule has 21 heavy (non-hydrogen) atoms. The first kappa shape index (κ1) is 14.7. The topological polar surface area (TPSA) is 91.0 Å². The first-order valence-electron chi connectivity index (χ1n) is 6.45. The van der Waals surface area contributed by atoms with Gasteiger partial charge in [-0.05, 0) is 37.1 Å². The third-order valence-electron chi connectivity index (χ3n) is 3.17. The molecule has 0 saturated carbocycles. The molecule has 0 bridgehead atoms. The molecular weight excluding hydrogens is 270 g/mol. The van der Waals surface area contributed by atoms with Crippen molar-refractivity contribution in [3.8, 4) is 0 Å². The molecule has 1 heterocycles. The van der Waals surface area contributed by atoms with Crippen LogP contribution in [0.3, 0.4) is 0 Å². The highest BCUT2D eigenvalue weighted by Crippen LogP contribution is 2.14. The molecule has 0 saturated heterocycles. The smallest absolute Gasteiger partial charge is 0.313 e. The maximum atomic E-state index is 12.0. The second-order valence-electron chi connectivity index (χ2n) is 4.88. The van der Waals surface area contributed by atoms with E-state index in [2.05, 4.69) is 20.7 Å². The Hall–Kier alpha value is -2.70. The normalized spacial score (nSPS) is 10.2. The third kappa shape index (κ3) is 3.65. The van der Waals surface area contributed by atoms with Gasteiger partial charge in [0.1, 0.15) is 5.69 Å². The first-order chi connectivity index (χ1) is 9.97. The zero-order valence-electron chi connectivity index (χ0n) is 12.2. The molecule has 0 spiro atoms. The minimum Gasteiger partial charge on any atom is -0.331 e. The van der Waals surface area contributed by atoms with E-state index in [9.17, 15) is 9.59 Å². The SMILES string of the molecule is Cc1ccc(NC(=O)C(=O)N(C)Cc2cn[nH]n2)cc1C. The Balaban J connectivity index is 1.98. The fourth-order valence-corrected chi connectivity index (χ4v) is 1.79. The van der Waals surface area contributed by atoms with E-state index in [4.69, 9.17) is 0 Å². The van der Waals surface area contributed by atoms with Crippen LogP contribution in [-0.4, -0.2) is 39.2 Å². The van der Waals surface area contributed by atoms with Gasteiger partial charge in [-0.3, -0.25) is 9.59 Å². The minimum atomic E-state index is -0.677. The van der Waals surface area contributed by atoms with Crippen LogP contribution in [0.1, 0.15) is 16.8 Å². The van der Waals surface area contributed by atoms with Gasteiger partial charge in [0.25, 0.3) is 0 Å². The molecule has 0 aliphatic carbocycles. The predicted molar refractivity (Wildman–Crippen MR) is 77.4 cm³/mol. The number of anilines is 1. The number of aromatic amines is 1.